The zero-order valence-electron chi connectivity index (χ0n) is 10.8. The van der Waals surface area contributed by atoms with Gasteiger partial charge in [-0.2, -0.15) is 13.2 Å². The summed E-state index contributed by atoms with van der Waals surface area (Å²) in [6, 6.07) is 13.4. The third-order valence-electron chi connectivity index (χ3n) is 3.62. The molecule has 0 saturated heterocycles. The Labute approximate surface area is 115 Å². The molecule has 0 saturated carbocycles. The number of halogens is 3. The Morgan fingerprint density at radius 2 is 1.60 bits per heavy atom. The van der Waals surface area contributed by atoms with E-state index in [0.29, 0.717) is 0 Å². The van der Waals surface area contributed by atoms with E-state index in [4.69, 9.17) is 0 Å². The van der Waals surface area contributed by atoms with Crippen LogP contribution in [0.25, 0.3) is 0 Å². The highest BCUT2D eigenvalue weighted by Crippen LogP contribution is 2.35. The van der Waals surface area contributed by atoms with E-state index < -0.39 is 11.7 Å². The van der Waals surface area contributed by atoms with Crippen LogP contribution >= 0.6 is 0 Å². The van der Waals surface area contributed by atoms with Crippen molar-refractivity contribution in [1.29, 1.82) is 0 Å². The van der Waals surface area contributed by atoms with Gasteiger partial charge in [0.2, 0.25) is 0 Å². The van der Waals surface area contributed by atoms with Gasteiger partial charge in [-0.05, 0) is 48.7 Å². The monoisotopic (exact) mass is 277 g/mol. The van der Waals surface area contributed by atoms with Gasteiger partial charge >= 0.3 is 6.18 Å². The molecular weight excluding hydrogens is 263 g/mol. The molecule has 1 nitrogen and oxygen atoms in total. The van der Waals surface area contributed by atoms with Crippen LogP contribution in [0.15, 0.2) is 48.5 Å². The lowest BCUT2D eigenvalue weighted by Crippen LogP contribution is -2.24. The molecule has 0 bridgehead atoms. The Morgan fingerprint density at radius 1 is 0.900 bits per heavy atom. The Bertz CT molecular complexity index is 602. The number of aryl methyl sites for hydroxylation is 1. The van der Waals surface area contributed by atoms with Crippen molar-refractivity contribution in [2.45, 2.75) is 19.0 Å². The summed E-state index contributed by atoms with van der Waals surface area (Å²) in [7, 11) is 0. The minimum absolute atomic E-state index is 0.605. The summed E-state index contributed by atoms with van der Waals surface area (Å²) >= 11 is 0. The summed E-state index contributed by atoms with van der Waals surface area (Å²) in [6.07, 6.45) is -2.25. The highest BCUT2D eigenvalue weighted by atomic mass is 19.4. The topological polar surface area (TPSA) is 3.24 Å². The van der Waals surface area contributed by atoms with Gasteiger partial charge in [0.1, 0.15) is 0 Å². The van der Waals surface area contributed by atoms with Crippen LogP contribution in [0.3, 0.4) is 0 Å². The van der Waals surface area contributed by atoms with E-state index in [0.717, 1.165) is 42.9 Å². The molecule has 20 heavy (non-hydrogen) atoms. The number of alkyl halides is 3. The molecule has 0 fully saturated rings. The van der Waals surface area contributed by atoms with Crippen molar-refractivity contribution < 1.29 is 13.2 Å². The van der Waals surface area contributed by atoms with Gasteiger partial charge in [-0.3, -0.25) is 0 Å². The van der Waals surface area contributed by atoms with E-state index in [2.05, 4.69) is 11.0 Å². The summed E-state index contributed by atoms with van der Waals surface area (Å²) in [5.41, 5.74) is 2.55. The van der Waals surface area contributed by atoms with Gasteiger partial charge in [0.25, 0.3) is 0 Å². The van der Waals surface area contributed by atoms with Crippen molar-refractivity contribution in [1.82, 2.24) is 0 Å². The molecule has 0 aromatic heterocycles. The first-order valence-corrected chi connectivity index (χ1v) is 6.58. The van der Waals surface area contributed by atoms with Crippen LogP contribution in [0.1, 0.15) is 17.5 Å². The lowest BCUT2D eigenvalue weighted by Gasteiger charge is -2.31. The first-order valence-electron chi connectivity index (χ1n) is 6.58. The zero-order chi connectivity index (χ0) is 14.2. The van der Waals surface area contributed by atoms with Crippen LogP contribution in [-0.4, -0.2) is 6.54 Å². The van der Waals surface area contributed by atoms with Gasteiger partial charge < -0.3 is 4.90 Å². The Morgan fingerprint density at radius 3 is 2.30 bits per heavy atom. The second-order valence-corrected chi connectivity index (χ2v) is 4.93. The van der Waals surface area contributed by atoms with Gasteiger partial charge in [-0.15, -0.1) is 0 Å². The van der Waals surface area contributed by atoms with E-state index in [1.54, 1.807) is 12.1 Å². The van der Waals surface area contributed by atoms with Gasteiger partial charge in [-0.25, -0.2) is 0 Å². The van der Waals surface area contributed by atoms with E-state index in [-0.39, 0.29) is 0 Å². The van der Waals surface area contributed by atoms with Crippen molar-refractivity contribution in [3.8, 4) is 0 Å². The number of anilines is 2. The Hall–Kier alpha value is -1.97. The molecule has 0 spiro atoms. The van der Waals surface area contributed by atoms with E-state index in [1.807, 2.05) is 18.2 Å². The van der Waals surface area contributed by atoms with Gasteiger partial charge in [0.05, 0.1) is 5.56 Å². The molecule has 0 atom stereocenters. The number of rotatable bonds is 1. The second-order valence-electron chi connectivity index (χ2n) is 4.93. The summed E-state index contributed by atoms with van der Waals surface area (Å²) < 4.78 is 37.8. The molecule has 0 unspecified atom stereocenters. The van der Waals surface area contributed by atoms with Crippen LogP contribution in [-0.2, 0) is 12.6 Å². The number of fused-ring (bicyclic) bond motifs is 1. The molecule has 0 amide bonds. The number of para-hydroxylation sites is 1. The molecule has 0 N–H and O–H groups in total. The van der Waals surface area contributed by atoms with Crippen LogP contribution in [0.5, 0.6) is 0 Å². The third kappa shape index (κ3) is 2.38. The number of hydrogen-bond acceptors (Lipinski definition) is 1. The molecule has 0 aliphatic carbocycles. The number of benzene rings is 2. The quantitative estimate of drug-likeness (QED) is 0.724. The van der Waals surface area contributed by atoms with Crippen LogP contribution in [0, 0.1) is 0 Å². The van der Waals surface area contributed by atoms with Crippen molar-refractivity contribution in [3.05, 3.63) is 59.7 Å². The molecule has 1 aliphatic rings. The maximum Gasteiger partial charge on any atom is 0.416 e. The smallest absolute Gasteiger partial charge is 0.341 e. The Balaban J connectivity index is 1.95. The minimum atomic E-state index is -4.28. The molecule has 2 aromatic rings. The van der Waals surface area contributed by atoms with Crippen molar-refractivity contribution in [2.75, 3.05) is 11.4 Å². The maximum atomic E-state index is 12.6. The predicted octanol–water partition coefficient (Wildman–Crippen LogP) is 4.79. The average Bonchev–Trinajstić information content (AvgIpc) is 2.46. The molecule has 0 radical (unpaired) electrons. The number of hydrogen-bond donors (Lipinski definition) is 0. The average molecular weight is 277 g/mol. The van der Waals surface area contributed by atoms with E-state index in [9.17, 15) is 13.2 Å². The fourth-order valence-corrected chi connectivity index (χ4v) is 2.63. The summed E-state index contributed by atoms with van der Waals surface area (Å²) in [5, 5.41) is 0. The second kappa shape index (κ2) is 4.85. The molecule has 4 heteroatoms. The SMILES string of the molecule is FC(F)(F)c1ccc(N2CCCc3ccccc32)cc1. The van der Waals surface area contributed by atoms with Crippen LogP contribution in [0.2, 0.25) is 0 Å². The van der Waals surface area contributed by atoms with E-state index in [1.165, 1.54) is 5.56 Å². The molecule has 3 rings (SSSR count). The molecule has 104 valence electrons. The normalized spacial score (nSPS) is 15.1. The van der Waals surface area contributed by atoms with Crippen LogP contribution < -0.4 is 4.90 Å². The standard InChI is InChI=1S/C16H14F3N/c17-16(18,19)13-7-9-14(10-8-13)20-11-3-5-12-4-1-2-6-15(12)20/h1-2,4,6-10H,3,5,11H2. The zero-order valence-corrected chi connectivity index (χ0v) is 10.8. The van der Waals surface area contributed by atoms with Crippen molar-refractivity contribution in [2.24, 2.45) is 0 Å². The minimum Gasteiger partial charge on any atom is -0.341 e. The number of nitrogens with zero attached hydrogens (tertiary/aromatic N) is 1. The molecular formula is C16H14F3N. The molecule has 1 aliphatic heterocycles. The lowest BCUT2D eigenvalue weighted by atomic mass is 10.0. The third-order valence-corrected chi connectivity index (χ3v) is 3.62. The van der Waals surface area contributed by atoms with Crippen molar-refractivity contribution >= 4 is 11.4 Å². The summed E-state index contributed by atoms with van der Waals surface area (Å²) in [4.78, 5) is 2.08. The summed E-state index contributed by atoms with van der Waals surface area (Å²) in [6.45, 7) is 0.836. The van der Waals surface area contributed by atoms with Gasteiger partial charge in [-0.1, -0.05) is 18.2 Å². The van der Waals surface area contributed by atoms with Crippen LogP contribution in [0.4, 0.5) is 24.5 Å². The molecule has 1 heterocycles. The highest BCUT2D eigenvalue weighted by molar-refractivity contribution is 5.67. The molecule has 2 aromatic carbocycles. The lowest BCUT2D eigenvalue weighted by molar-refractivity contribution is -0.137. The first-order chi connectivity index (χ1) is 9.55. The van der Waals surface area contributed by atoms with Gasteiger partial charge in [0, 0.05) is 17.9 Å². The summed E-state index contributed by atoms with van der Waals surface area (Å²) in [5.74, 6) is 0. The first kappa shape index (κ1) is 13.0. The fraction of sp³-hybridized carbons (Fsp3) is 0.250. The van der Waals surface area contributed by atoms with E-state index >= 15 is 0 Å². The van der Waals surface area contributed by atoms with Gasteiger partial charge in [0.15, 0.2) is 0 Å². The predicted molar refractivity (Wildman–Crippen MR) is 73.2 cm³/mol. The van der Waals surface area contributed by atoms with Crippen molar-refractivity contribution in [3.63, 3.8) is 0 Å². The fourth-order valence-electron chi connectivity index (χ4n) is 2.63. The Kier molecular flexibility index (Phi) is 3.16. The highest BCUT2D eigenvalue weighted by Gasteiger charge is 2.30. The largest absolute Gasteiger partial charge is 0.416 e. The maximum absolute atomic E-state index is 12.6.